The first-order valence-corrected chi connectivity index (χ1v) is 10.4. The van der Waals surface area contributed by atoms with Crippen molar-refractivity contribution in [1.82, 2.24) is 4.90 Å². The molecule has 0 N–H and O–H groups in total. The van der Waals surface area contributed by atoms with Gasteiger partial charge >= 0.3 is 0 Å². The van der Waals surface area contributed by atoms with E-state index in [1.54, 1.807) is 14.2 Å². The fraction of sp³-hybridized carbons (Fsp3) is 0.500. The topological polar surface area (TPSA) is 30.9 Å². The third kappa shape index (κ3) is 4.50. The maximum absolute atomic E-state index is 6.25. The standard InChI is InChI=1S/C24H31NO3/c1-26-17-18-4-3-5-23(14-18)28-21-10-12-25(13-11-21)16-20-7-6-19-8-9-22(27-2)15-24(19)20/h3-5,8-9,14-15,20-21H,6-7,10-13,16-17H2,1-2H3. The number of methoxy groups -OCH3 is 2. The Bertz CT molecular complexity index is 783. The molecule has 0 amide bonds. The van der Waals surface area contributed by atoms with Crippen molar-refractivity contribution in [1.29, 1.82) is 0 Å². The molecule has 1 aliphatic carbocycles. The summed E-state index contributed by atoms with van der Waals surface area (Å²) >= 11 is 0. The highest BCUT2D eigenvalue weighted by atomic mass is 16.5. The smallest absolute Gasteiger partial charge is 0.120 e. The normalized spacial score (nSPS) is 20.1. The number of rotatable bonds is 7. The van der Waals surface area contributed by atoms with Crippen LogP contribution in [0.15, 0.2) is 42.5 Å². The van der Waals surface area contributed by atoms with Crippen LogP contribution in [-0.4, -0.2) is 44.9 Å². The lowest BCUT2D eigenvalue weighted by Gasteiger charge is -2.34. The summed E-state index contributed by atoms with van der Waals surface area (Å²) in [7, 11) is 3.48. The van der Waals surface area contributed by atoms with Gasteiger partial charge in [0.2, 0.25) is 0 Å². The van der Waals surface area contributed by atoms with Gasteiger partial charge in [-0.25, -0.2) is 0 Å². The van der Waals surface area contributed by atoms with Gasteiger partial charge in [-0.15, -0.1) is 0 Å². The summed E-state index contributed by atoms with van der Waals surface area (Å²) in [5, 5.41) is 0. The molecule has 1 atom stereocenters. The monoisotopic (exact) mass is 381 g/mol. The molecule has 1 saturated heterocycles. The lowest BCUT2D eigenvalue weighted by atomic mass is 9.98. The zero-order valence-electron chi connectivity index (χ0n) is 17.0. The van der Waals surface area contributed by atoms with Gasteiger partial charge in [0.1, 0.15) is 17.6 Å². The number of fused-ring (bicyclic) bond motifs is 1. The second-order valence-electron chi connectivity index (χ2n) is 8.00. The molecule has 0 saturated carbocycles. The molecular formula is C24H31NO3. The molecule has 4 rings (SSSR count). The van der Waals surface area contributed by atoms with Crippen LogP contribution in [0.1, 0.15) is 41.9 Å². The predicted molar refractivity (Wildman–Crippen MR) is 111 cm³/mol. The first-order valence-electron chi connectivity index (χ1n) is 10.4. The Morgan fingerprint density at radius 1 is 0.964 bits per heavy atom. The number of hydrogen-bond acceptors (Lipinski definition) is 4. The minimum atomic E-state index is 0.310. The number of benzene rings is 2. The maximum atomic E-state index is 6.25. The highest BCUT2D eigenvalue weighted by Crippen LogP contribution is 2.36. The molecule has 28 heavy (non-hydrogen) atoms. The fourth-order valence-corrected chi connectivity index (χ4v) is 4.57. The highest BCUT2D eigenvalue weighted by molar-refractivity contribution is 5.41. The second kappa shape index (κ2) is 8.97. The van der Waals surface area contributed by atoms with Gasteiger partial charge in [0.15, 0.2) is 0 Å². The van der Waals surface area contributed by atoms with Crippen LogP contribution in [0.5, 0.6) is 11.5 Å². The summed E-state index contributed by atoms with van der Waals surface area (Å²) in [4.78, 5) is 2.61. The Morgan fingerprint density at radius 3 is 2.61 bits per heavy atom. The van der Waals surface area contributed by atoms with Gasteiger partial charge < -0.3 is 19.1 Å². The van der Waals surface area contributed by atoms with Crippen molar-refractivity contribution in [2.45, 2.75) is 44.3 Å². The van der Waals surface area contributed by atoms with Crippen LogP contribution in [0, 0.1) is 0 Å². The first kappa shape index (κ1) is 19.3. The van der Waals surface area contributed by atoms with Gasteiger partial charge in [0.05, 0.1) is 13.7 Å². The second-order valence-corrected chi connectivity index (χ2v) is 8.00. The molecule has 0 bridgehead atoms. The molecule has 1 unspecified atom stereocenters. The van der Waals surface area contributed by atoms with Crippen molar-refractivity contribution in [3.8, 4) is 11.5 Å². The van der Waals surface area contributed by atoms with E-state index in [1.165, 1.54) is 24.0 Å². The summed E-state index contributed by atoms with van der Waals surface area (Å²) in [6.07, 6.45) is 4.94. The van der Waals surface area contributed by atoms with E-state index < -0.39 is 0 Å². The zero-order valence-corrected chi connectivity index (χ0v) is 17.0. The summed E-state index contributed by atoms with van der Waals surface area (Å²) in [5.41, 5.74) is 4.15. The Balaban J connectivity index is 1.29. The lowest BCUT2D eigenvalue weighted by molar-refractivity contribution is 0.0966. The molecule has 4 nitrogen and oxygen atoms in total. The third-order valence-electron chi connectivity index (χ3n) is 6.08. The molecule has 2 aromatic carbocycles. The van der Waals surface area contributed by atoms with Crippen molar-refractivity contribution in [2.75, 3.05) is 33.9 Å². The van der Waals surface area contributed by atoms with Crippen LogP contribution in [0.4, 0.5) is 0 Å². The minimum Gasteiger partial charge on any atom is -0.497 e. The van der Waals surface area contributed by atoms with E-state index in [1.807, 2.05) is 12.1 Å². The number of hydrogen-bond donors (Lipinski definition) is 0. The number of piperidine rings is 1. The number of nitrogens with zero attached hydrogens (tertiary/aromatic N) is 1. The highest BCUT2D eigenvalue weighted by Gasteiger charge is 2.27. The molecule has 0 spiro atoms. The van der Waals surface area contributed by atoms with Crippen molar-refractivity contribution in [3.05, 3.63) is 59.2 Å². The zero-order chi connectivity index (χ0) is 19.3. The molecule has 150 valence electrons. The lowest BCUT2D eigenvalue weighted by Crippen LogP contribution is -2.40. The molecule has 1 fully saturated rings. The van der Waals surface area contributed by atoms with Crippen LogP contribution in [-0.2, 0) is 17.8 Å². The van der Waals surface area contributed by atoms with E-state index in [2.05, 4.69) is 35.2 Å². The van der Waals surface area contributed by atoms with Crippen molar-refractivity contribution < 1.29 is 14.2 Å². The van der Waals surface area contributed by atoms with Gasteiger partial charge in [0, 0.05) is 26.7 Å². The largest absolute Gasteiger partial charge is 0.497 e. The molecular weight excluding hydrogens is 350 g/mol. The van der Waals surface area contributed by atoms with Crippen molar-refractivity contribution in [2.24, 2.45) is 0 Å². The predicted octanol–water partition coefficient (Wildman–Crippen LogP) is 4.41. The van der Waals surface area contributed by atoms with Crippen molar-refractivity contribution >= 4 is 0 Å². The van der Waals surface area contributed by atoms with E-state index in [0.29, 0.717) is 18.6 Å². The van der Waals surface area contributed by atoms with Gasteiger partial charge in [-0.3, -0.25) is 0 Å². The Hall–Kier alpha value is -2.04. The summed E-state index contributed by atoms with van der Waals surface area (Å²) in [6, 6.07) is 14.8. The van der Waals surface area contributed by atoms with Crippen LogP contribution in [0.25, 0.3) is 0 Å². The molecule has 0 aromatic heterocycles. The van der Waals surface area contributed by atoms with Crippen LogP contribution in [0.2, 0.25) is 0 Å². The molecule has 0 radical (unpaired) electrons. The van der Waals surface area contributed by atoms with Crippen LogP contribution >= 0.6 is 0 Å². The Labute approximate surface area is 168 Å². The van der Waals surface area contributed by atoms with Gasteiger partial charge in [-0.05, 0) is 72.6 Å². The van der Waals surface area contributed by atoms with E-state index in [-0.39, 0.29) is 0 Å². The van der Waals surface area contributed by atoms with Gasteiger partial charge in [-0.1, -0.05) is 18.2 Å². The van der Waals surface area contributed by atoms with E-state index in [9.17, 15) is 0 Å². The Kier molecular flexibility index (Phi) is 6.18. The van der Waals surface area contributed by atoms with Gasteiger partial charge in [0.25, 0.3) is 0 Å². The number of likely N-dealkylation sites (tertiary alicyclic amines) is 1. The van der Waals surface area contributed by atoms with Gasteiger partial charge in [-0.2, -0.15) is 0 Å². The first-order chi connectivity index (χ1) is 13.7. The van der Waals surface area contributed by atoms with Crippen LogP contribution in [0.3, 0.4) is 0 Å². The molecule has 2 aromatic rings. The molecule has 4 heteroatoms. The summed E-state index contributed by atoms with van der Waals surface area (Å²) < 4.78 is 16.9. The van der Waals surface area contributed by atoms with Crippen molar-refractivity contribution in [3.63, 3.8) is 0 Å². The average molecular weight is 382 g/mol. The average Bonchev–Trinajstić information content (AvgIpc) is 3.12. The van der Waals surface area contributed by atoms with E-state index >= 15 is 0 Å². The number of ether oxygens (including phenoxy) is 3. The SMILES string of the molecule is COCc1cccc(OC2CCN(CC3CCc4ccc(OC)cc43)CC2)c1. The number of aryl methyl sites for hydroxylation is 1. The summed E-state index contributed by atoms with van der Waals surface area (Å²) in [6.45, 7) is 4.00. The Morgan fingerprint density at radius 2 is 1.82 bits per heavy atom. The van der Waals surface area contributed by atoms with E-state index in [0.717, 1.165) is 49.5 Å². The molecule has 1 heterocycles. The molecule has 1 aliphatic heterocycles. The minimum absolute atomic E-state index is 0.310. The van der Waals surface area contributed by atoms with Crippen LogP contribution < -0.4 is 9.47 Å². The van der Waals surface area contributed by atoms with E-state index in [4.69, 9.17) is 14.2 Å². The quantitative estimate of drug-likeness (QED) is 0.711. The maximum Gasteiger partial charge on any atom is 0.120 e. The molecule has 2 aliphatic rings. The third-order valence-corrected chi connectivity index (χ3v) is 6.08. The fourth-order valence-electron chi connectivity index (χ4n) is 4.57. The summed E-state index contributed by atoms with van der Waals surface area (Å²) in [5.74, 6) is 2.58.